The summed E-state index contributed by atoms with van der Waals surface area (Å²) in [6, 6.07) is 0.0630. The first-order valence-corrected chi connectivity index (χ1v) is 6.02. The monoisotopic (exact) mass is 288 g/mol. The van der Waals surface area contributed by atoms with Gasteiger partial charge in [-0.05, 0) is 28.3 Å². The van der Waals surface area contributed by atoms with Crippen LogP contribution < -0.4 is 16.6 Å². The normalized spacial score (nSPS) is 12.8. The Kier molecular flexibility index (Phi) is 4.95. The maximum atomic E-state index is 11.2. The van der Waals surface area contributed by atoms with Crippen LogP contribution in [0.25, 0.3) is 0 Å². The van der Waals surface area contributed by atoms with Gasteiger partial charge in [0, 0.05) is 12.6 Å². The summed E-state index contributed by atoms with van der Waals surface area (Å²) in [6.45, 7) is 4.86. The van der Waals surface area contributed by atoms with Gasteiger partial charge in [-0.25, -0.2) is 4.98 Å². The molecule has 1 aromatic heterocycles. The molecule has 16 heavy (non-hydrogen) atoms. The van der Waals surface area contributed by atoms with Gasteiger partial charge in [0.1, 0.15) is 10.3 Å². The molecular formula is C10H17BrN4O. The molecule has 0 saturated heterocycles. The number of hydrogen-bond donors (Lipinski definition) is 3. The number of hydrogen-bond acceptors (Lipinski definition) is 4. The largest absolute Gasteiger partial charge is 0.367 e. The van der Waals surface area contributed by atoms with Gasteiger partial charge in [0.2, 0.25) is 0 Å². The van der Waals surface area contributed by atoms with Crippen LogP contribution in [0, 0.1) is 5.92 Å². The zero-order valence-electron chi connectivity index (χ0n) is 9.46. The molecule has 1 heterocycles. The Morgan fingerprint density at radius 1 is 1.62 bits per heavy atom. The number of anilines is 1. The quantitative estimate of drug-likeness (QED) is 0.763. The van der Waals surface area contributed by atoms with E-state index in [0.29, 0.717) is 22.8 Å². The van der Waals surface area contributed by atoms with Gasteiger partial charge in [0.05, 0.1) is 6.33 Å². The van der Waals surface area contributed by atoms with Crippen molar-refractivity contribution in [2.24, 2.45) is 11.7 Å². The SMILES string of the molecule is CC(C)CC(N)CNc1nc[nH]c(=O)c1Br. The lowest BCUT2D eigenvalue weighted by Gasteiger charge is -2.15. The minimum Gasteiger partial charge on any atom is -0.367 e. The summed E-state index contributed by atoms with van der Waals surface area (Å²) in [5, 5.41) is 3.06. The van der Waals surface area contributed by atoms with E-state index in [-0.39, 0.29) is 11.6 Å². The third-order valence-electron chi connectivity index (χ3n) is 2.10. The van der Waals surface area contributed by atoms with E-state index in [1.807, 2.05) is 0 Å². The van der Waals surface area contributed by atoms with Crippen molar-refractivity contribution in [1.82, 2.24) is 9.97 Å². The maximum absolute atomic E-state index is 11.2. The number of nitrogens with two attached hydrogens (primary N) is 1. The van der Waals surface area contributed by atoms with E-state index in [2.05, 4.69) is 45.1 Å². The Bertz CT molecular complexity index is 391. The van der Waals surface area contributed by atoms with Gasteiger partial charge in [-0.2, -0.15) is 0 Å². The number of H-pyrrole nitrogens is 1. The predicted molar refractivity (Wildman–Crippen MR) is 68.5 cm³/mol. The molecule has 0 bridgehead atoms. The number of aromatic amines is 1. The summed E-state index contributed by atoms with van der Waals surface area (Å²) in [5.74, 6) is 1.09. The van der Waals surface area contributed by atoms with Gasteiger partial charge in [-0.15, -0.1) is 0 Å². The zero-order valence-corrected chi connectivity index (χ0v) is 11.0. The first-order valence-electron chi connectivity index (χ1n) is 5.23. The molecule has 1 rings (SSSR count). The van der Waals surface area contributed by atoms with Crippen molar-refractivity contribution < 1.29 is 0 Å². The Hall–Kier alpha value is -0.880. The summed E-state index contributed by atoms with van der Waals surface area (Å²) in [5.41, 5.74) is 5.72. The van der Waals surface area contributed by atoms with Gasteiger partial charge in [0.15, 0.2) is 0 Å². The van der Waals surface area contributed by atoms with Crippen LogP contribution in [0.4, 0.5) is 5.82 Å². The highest BCUT2D eigenvalue weighted by Gasteiger charge is 2.08. The Morgan fingerprint density at radius 3 is 2.94 bits per heavy atom. The smallest absolute Gasteiger partial charge is 0.267 e. The van der Waals surface area contributed by atoms with E-state index in [9.17, 15) is 4.79 Å². The van der Waals surface area contributed by atoms with Gasteiger partial charge < -0.3 is 16.0 Å². The third-order valence-corrected chi connectivity index (χ3v) is 2.84. The molecule has 0 saturated carbocycles. The van der Waals surface area contributed by atoms with Crippen LogP contribution in [0.15, 0.2) is 15.6 Å². The molecule has 0 fully saturated rings. The van der Waals surface area contributed by atoms with E-state index in [1.165, 1.54) is 6.33 Å². The fraction of sp³-hybridized carbons (Fsp3) is 0.600. The molecule has 0 aliphatic heterocycles. The van der Waals surface area contributed by atoms with Crippen LogP contribution in [0.1, 0.15) is 20.3 Å². The summed E-state index contributed by atoms with van der Waals surface area (Å²) < 4.78 is 0.409. The molecule has 0 aliphatic rings. The molecule has 0 aromatic carbocycles. The molecule has 0 amide bonds. The van der Waals surface area contributed by atoms with Crippen LogP contribution >= 0.6 is 15.9 Å². The van der Waals surface area contributed by atoms with Crippen LogP contribution in [0.3, 0.4) is 0 Å². The Labute approximate surface area is 103 Å². The average Bonchev–Trinajstić information content (AvgIpc) is 2.19. The van der Waals surface area contributed by atoms with Crippen LogP contribution in [0.5, 0.6) is 0 Å². The lowest BCUT2D eigenvalue weighted by molar-refractivity contribution is 0.508. The molecule has 6 heteroatoms. The van der Waals surface area contributed by atoms with Crippen molar-refractivity contribution >= 4 is 21.7 Å². The fourth-order valence-corrected chi connectivity index (χ4v) is 1.78. The molecule has 0 aliphatic carbocycles. The highest BCUT2D eigenvalue weighted by Crippen LogP contribution is 2.13. The van der Waals surface area contributed by atoms with E-state index in [0.717, 1.165) is 6.42 Å². The first-order chi connectivity index (χ1) is 7.50. The van der Waals surface area contributed by atoms with Crippen LogP contribution in [0.2, 0.25) is 0 Å². The Balaban J connectivity index is 2.55. The average molecular weight is 289 g/mol. The van der Waals surface area contributed by atoms with Gasteiger partial charge in [0.25, 0.3) is 5.56 Å². The van der Waals surface area contributed by atoms with Crippen molar-refractivity contribution in [1.29, 1.82) is 0 Å². The Morgan fingerprint density at radius 2 is 2.31 bits per heavy atom. The maximum Gasteiger partial charge on any atom is 0.267 e. The topological polar surface area (TPSA) is 83.8 Å². The van der Waals surface area contributed by atoms with Crippen molar-refractivity contribution in [2.45, 2.75) is 26.3 Å². The lowest BCUT2D eigenvalue weighted by Crippen LogP contribution is -2.31. The first kappa shape index (κ1) is 13.2. The number of aromatic nitrogens is 2. The minimum absolute atomic E-state index is 0.0630. The molecule has 0 radical (unpaired) electrons. The second-order valence-corrected chi connectivity index (χ2v) is 4.96. The van der Waals surface area contributed by atoms with Crippen LogP contribution in [-0.4, -0.2) is 22.6 Å². The fourth-order valence-electron chi connectivity index (χ4n) is 1.42. The highest BCUT2D eigenvalue weighted by molar-refractivity contribution is 9.10. The zero-order chi connectivity index (χ0) is 12.1. The van der Waals surface area contributed by atoms with Crippen molar-refractivity contribution in [2.75, 3.05) is 11.9 Å². The van der Waals surface area contributed by atoms with Crippen molar-refractivity contribution in [3.05, 3.63) is 21.2 Å². The molecule has 0 spiro atoms. The van der Waals surface area contributed by atoms with E-state index < -0.39 is 0 Å². The molecular weight excluding hydrogens is 272 g/mol. The van der Waals surface area contributed by atoms with E-state index in [4.69, 9.17) is 5.73 Å². The van der Waals surface area contributed by atoms with Crippen molar-refractivity contribution in [3.8, 4) is 0 Å². The molecule has 90 valence electrons. The summed E-state index contributed by atoms with van der Waals surface area (Å²) in [6.07, 6.45) is 2.30. The second-order valence-electron chi connectivity index (χ2n) is 4.16. The van der Waals surface area contributed by atoms with Crippen LogP contribution in [-0.2, 0) is 0 Å². The highest BCUT2D eigenvalue weighted by atomic mass is 79.9. The van der Waals surface area contributed by atoms with E-state index in [1.54, 1.807) is 0 Å². The molecule has 1 atom stereocenters. The molecule has 1 unspecified atom stereocenters. The molecule has 4 N–H and O–H groups in total. The number of nitrogens with zero attached hydrogens (tertiary/aromatic N) is 1. The minimum atomic E-state index is -0.199. The van der Waals surface area contributed by atoms with E-state index >= 15 is 0 Å². The predicted octanol–water partition coefficient (Wildman–Crippen LogP) is 1.32. The third kappa shape index (κ3) is 3.94. The summed E-state index contributed by atoms with van der Waals surface area (Å²) >= 11 is 3.17. The number of rotatable bonds is 5. The second kappa shape index (κ2) is 6.00. The molecule has 5 nitrogen and oxygen atoms in total. The number of nitrogens with one attached hydrogen (secondary N) is 2. The van der Waals surface area contributed by atoms with Crippen molar-refractivity contribution in [3.63, 3.8) is 0 Å². The number of halogens is 1. The molecule has 1 aromatic rings. The lowest BCUT2D eigenvalue weighted by atomic mass is 10.0. The summed E-state index contributed by atoms with van der Waals surface area (Å²) in [4.78, 5) is 17.7. The standard InChI is InChI=1S/C10H17BrN4O/c1-6(2)3-7(12)4-13-9-8(11)10(16)15-5-14-9/h5-7H,3-4,12H2,1-2H3,(H2,13,14,15,16). The van der Waals surface area contributed by atoms with Gasteiger partial charge in [-0.1, -0.05) is 13.8 Å². The van der Waals surface area contributed by atoms with Gasteiger partial charge >= 0.3 is 0 Å². The van der Waals surface area contributed by atoms with Gasteiger partial charge in [-0.3, -0.25) is 4.79 Å². The summed E-state index contributed by atoms with van der Waals surface area (Å²) in [7, 11) is 0.